The van der Waals surface area contributed by atoms with E-state index in [1.807, 2.05) is 0 Å². The number of nitrogens with zero attached hydrogens (tertiary/aromatic N) is 12. The summed E-state index contributed by atoms with van der Waals surface area (Å²) < 4.78 is 61.1. The number of esters is 1. The van der Waals surface area contributed by atoms with Gasteiger partial charge in [0.15, 0.2) is 34.5 Å². The molecule has 9 aromatic rings. The molecular formula is C57H42F3N15O12. The third-order valence-electron chi connectivity index (χ3n) is 11.2. The Hall–Kier alpha value is -12.7. The van der Waals surface area contributed by atoms with Crippen molar-refractivity contribution < 1.29 is 71.2 Å². The van der Waals surface area contributed by atoms with Crippen LogP contribution < -0.4 is 16.0 Å². The van der Waals surface area contributed by atoms with Crippen molar-refractivity contribution in [3.05, 3.63) is 203 Å². The smallest absolute Gasteiger partial charge is 0.478 e. The number of carboxylic acid groups (broad SMARTS) is 2. The van der Waals surface area contributed by atoms with Gasteiger partial charge in [-0.15, -0.1) is 42.9 Å². The number of hydrogen-bond donors (Lipinski definition) is 5. The molecule has 0 bridgehead atoms. The first-order valence-electron chi connectivity index (χ1n) is 24.7. The molecule has 3 aromatic carbocycles. The molecule has 0 spiro atoms. The summed E-state index contributed by atoms with van der Waals surface area (Å²) in [6.45, 7) is 7.85. The summed E-state index contributed by atoms with van der Waals surface area (Å²) >= 11 is 0. The van der Waals surface area contributed by atoms with Crippen LogP contribution in [0.15, 0.2) is 136 Å². The lowest BCUT2D eigenvalue weighted by molar-refractivity contribution is -0.0811. The first-order valence-corrected chi connectivity index (χ1v) is 24.7. The Balaban J connectivity index is 0.000000189. The average molecular weight is 1190 g/mol. The lowest BCUT2D eigenvalue weighted by Gasteiger charge is -2.16. The summed E-state index contributed by atoms with van der Waals surface area (Å²) in [4.78, 5) is 95.7. The molecule has 5 N–H and O–H groups in total. The summed E-state index contributed by atoms with van der Waals surface area (Å²) in [7, 11) is 0. The van der Waals surface area contributed by atoms with E-state index in [-0.39, 0.29) is 68.6 Å². The van der Waals surface area contributed by atoms with Gasteiger partial charge in [0, 0.05) is 49.7 Å². The van der Waals surface area contributed by atoms with E-state index in [0.29, 0.717) is 17.5 Å². The SMILES string of the molecule is C#Cc1cc(NC(=O)c2ccc(-n3ccnc3)nn2)c(C(=O)OC(C)OC(=O)OCC)cc1F.C=Cc1cc(NC(=O)c2ccc(-n3ccnc3)nn2)c(C(=O)O)cc1F.CC#Cc1cc(NC(=O)c2ccc(-n3ccnc3)nn2)c(C(=O)O)cc1F. The fourth-order valence-electron chi connectivity index (χ4n) is 7.09. The Morgan fingerprint density at radius 2 is 1.02 bits per heavy atom. The number of hydrogen-bond acceptors (Lipinski definition) is 19. The van der Waals surface area contributed by atoms with E-state index >= 15 is 0 Å². The van der Waals surface area contributed by atoms with Crippen LogP contribution in [-0.4, -0.2) is 124 Å². The van der Waals surface area contributed by atoms with Crippen molar-refractivity contribution in [3.8, 4) is 41.6 Å². The van der Waals surface area contributed by atoms with Crippen molar-refractivity contribution in [2.24, 2.45) is 0 Å². The minimum Gasteiger partial charge on any atom is -0.478 e. The number of amides is 3. The molecule has 0 saturated carbocycles. The Kier molecular flexibility index (Phi) is 20.5. The molecule has 9 rings (SSSR count). The molecule has 27 nitrogen and oxygen atoms in total. The molecule has 30 heteroatoms. The van der Waals surface area contributed by atoms with Gasteiger partial charge in [0.1, 0.15) is 36.4 Å². The standard InChI is InChI=1S/C22H18FN5O6.C18H12FN5O3.C17H12FN5O3/c1-4-14-10-18(15(11-16(14)23)21(30)33-13(3)34-22(31)32-5-2)25-20(29)17-6-7-19(27-26-17)28-9-8-24-12-28;1-2-3-11-8-15(12(18(26)27)9-13(11)19)21-17(25)14-4-5-16(23-22-14)24-7-6-20-10-24;1-2-10-7-14(11(17(25)26)8-12(10)18)20-16(24)13-3-4-15(22-21-13)23-6-5-19-9-23/h1,6-13H,5H2,2-3H3,(H,25,29);4-10H,1H3,(H,21,25)(H,26,27);2-9H,1H2,(H,20,24)(H,25,26). The van der Waals surface area contributed by atoms with Crippen LogP contribution in [0.25, 0.3) is 23.5 Å². The van der Waals surface area contributed by atoms with Gasteiger partial charge in [-0.3, -0.25) is 28.1 Å². The highest BCUT2D eigenvalue weighted by atomic mass is 19.1. The van der Waals surface area contributed by atoms with E-state index in [0.717, 1.165) is 24.3 Å². The molecule has 3 amide bonds. The number of imidazole rings is 3. The molecule has 0 aliphatic rings. The van der Waals surface area contributed by atoms with E-state index in [1.54, 1.807) is 69.9 Å². The van der Waals surface area contributed by atoms with Crippen LogP contribution in [0.4, 0.5) is 35.0 Å². The van der Waals surface area contributed by atoms with E-state index in [9.17, 15) is 56.9 Å². The van der Waals surface area contributed by atoms with Crippen LogP contribution in [0.2, 0.25) is 0 Å². The Morgan fingerprint density at radius 3 is 1.40 bits per heavy atom. The van der Waals surface area contributed by atoms with Gasteiger partial charge in [0.25, 0.3) is 17.7 Å². The van der Waals surface area contributed by atoms with Crippen molar-refractivity contribution in [2.45, 2.75) is 27.1 Å². The second kappa shape index (κ2) is 28.8. The normalized spacial score (nSPS) is 10.5. The van der Waals surface area contributed by atoms with E-state index in [2.05, 4.69) is 90.6 Å². The fraction of sp³-hybridized carbons (Fsp3) is 0.0877. The third kappa shape index (κ3) is 16.1. The highest BCUT2D eigenvalue weighted by Crippen LogP contribution is 2.26. The monoisotopic (exact) mass is 1190 g/mol. The highest BCUT2D eigenvalue weighted by Gasteiger charge is 2.24. The van der Waals surface area contributed by atoms with Crippen molar-refractivity contribution in [3.63, 3.8) is 0 Å². The van der Waals surface area contributed by atoms with Gasteiger partial charge in [-0.1, -0.05) is 24.5 Å². The number of aromatic carboxylic acids is 2. The van der Waals surface area contributed by atoms with E-state index in [1.165, 1.54) is 75.3 Å². The lowest BCUT2D eigenvalue weighted by Crippen LogP contribution is -2.24. The van der Waals surface area contributed by atoms with E-state index < -0.39 is 71.1 Å². The van der Waals surface area contributed by atoms with Crippen molar-refractivity contribution in [1.82, 2.24) is 59.2 Å². The molecule has 6 heterocycles. The summed E-state index contributed by atoms with van der Waals surface area (Å²) in [6.07, 6.45) is 18.3. The van der Waals surface area contributed by atoms with Crippen LogP contribution in [0, 0.1) is 41.6 Å². The van der Waals surface area contributed by atoms with Gasteiger partial charge in [-0.25, -0.2) is 47.3 Å². The van der Waals surface area contributed by atoms with Gasteiger partial charge in [-0.2, -0.15) is 0 Å². The average Bonchev–Trinajstić information content (AvgIpc) is 2.82. The number of benzene rings is 3. The molecular weight excluding hydrogens is 1140 g/mol. The number of anilines is 3. The highest BCUT2D eigenvalue weighted by molar-refractivity contribution is 6.09. The second-order valence-electron chi connectivity index (χ2n) is 16.9. The molecule has 0 aliphatic carbocycles. The van der Waals surface area contributed by atoms with E-state index in [4.69, 9.17) is 15.9 Å². The zero-order valence-corrected chi connectivity index (χ0v) is 45.2. The number of rotatable bonds is 16. The number of ether oxygens (including phenoxy) is 3. The van der Waals surface area contributed by atoms with Crippen molar-refractivity contribution in [2.75, 3.05) is 22.6 Å². The lowest BCUT2D eigenvalue weighted by atomic mass is 10.1. The van der Waals surface area contributed by atoms with Crippen LogP contribution in [-0.2, 0) is 14.2 Å². The largest absolute Gasteiger partial charge is 0.511 e. The summed E-state index contributed by atoms with van der Waals surface area (Å²) in [6, 6.07) is 14.8. The number of carbonyl (C=O) groups excluding carboxylic acids is 5. The van der Waals surface area contributed by atoms with Gasteiger partial charge in [0.05, 0.1) is 51.5 Å². The Bertz CT molecular complexity index is 4130. The summed E-state index contributed by atoms with van der Waals surface area (Å²) in [5.41, 5.74) is -1.79. The molecule has 0 aliphatic heterocycles. The maximum Gasteiger partial charge on any atom is 0.511 e. The zero-order chi connectivity index (χ0) is 62.7. The predicted molar refractivity (Wildman–Crippen MR) is 298 cm³/mol. The molecule has 1 atom stereocenters. The zero-order valence-electron chi connectivity index (χ0n) is 45.2. The molecule has 1 unspecified atom stereocenters. The molecule has 0 saturated heterocycles. The van der Waals surface area contributed by atoms with Gasteiger partial charge < -0.3 is 40.4 Å². The first-order chi connectivity index (χ1) is 41.8. The summed E-state index contributed by atoms with van der Waals surface area (Å²) in [5.74, 6) is 0.0912. The Morgan fingerprint density at radius 1 is 0.609 bits per heavy atom. The van der Waals surface area contributed by atoms with Gasteiger partial charge in [-0.05, 0) is 86.6 Å². The molecule has 0 fully saturated rings. The summed E-state index contributed by atoms with van der Waals surface area (Å²) in [5, 5.41) is 49.0. The molecule has 438 valence electrons. The molecule has 0 radical (unpaired) electrons. The first kappa shape index (κ1) is 61.9. The Labute approximate surface area is 488 Å². The minimum absolute atomic E-state index is 0.0284. The number of nitrogens with one attached hydrogen (secondary N) is 3. The number of terminal acetylenes is 1. The van der Waals surface area contributed by atoms with Crippen molar-refractivity contribution in [1.29, 1.82) is 0 Å². The van der Waals surface area contributed by atoms with Crippen LogP contribution >= 0.6 is 0 Å². The van der Waals surface area contributed by atoms with Crippen LogP contribution in [0.3, 0.4) is 0 Å². The maximum absolute atomic E-state index is 14.3. The fourth-order valence-corrected chi connectivity index (χ4v) is 7.09. The third-order valence-corrected chi connectivity index (χ3v) is 11.2. The minimum atomic E-state index is -1.39. The van der Waals surface area contributed by atoms with Gasteiger partial charge >= 0.3 is 24.1 Å². The number of aromatic nitrogens is 12. The number of carboxylic acids is 2. The number of halogens is 3. The molecule has 87 heavy (non-hydrogen) atoms. The topological polar surface area (TPSA) is 355 Å². The quantitative estimate of drug-likeness (QED) is 0.0362. The number of carbonyl (C=O) groups is 7. The van der Waals surface area contributed by atoms with Crippen molar-refractivity contribution >= 4 is 64.9 Å². The van der Waals surface area contributed by atoms with Crippen LogP contribution in [0.5, 0.6) is 0 Å². The second-order valence-corrected chi connectivity index (χ2v) is 16.9. The predicted octanol–water partition coefficient (Wildman–Crippen LogP) is 7.23. The van der Waals surface area contributed by atoms with Crippen LogP contribution in [0.1, 0.15) is 100 Å². The maximum atomic E-state index is 14.3. The van der Waals surface area contributed by atoms with Gasteiger partial charge in [0.2, 0.25) is 6.29 Å². The molecule has 6 aromatic heterocycles.